The number of hydrogen-bond donors (Lipinski definition) is 2. The monoisotopic (exact) mass is 301 g/mol. The highest BCUT2D eigenvalue weighted by molar-refractivity contribution is 7.89. The molecule has 2 N–H and O–H groups in total. The molecule has 0 aromatic heterocycles. The fraction of sp³-hybridized carbons (Fsp3) is 0.538. The van der Waals surface area contributed by atoms with Crippen molar-refractivity contribution in [3.63, 3.8) is 0 Å². The lowest BCUT2D eigenvalue weighted by atomic mass is 10.1. The molecular weight excluding hydrogens is 282 g/mol. The summed E-state index contributed by atoms with van der Waals surface area (Å²) in [5.41, 5.74) is 0.985. The van der Waals surface area contributed by atoms with Crippen LogP contribution in [-0.4, -0.2) is 45.6 Å². The molecule has 0 amide bonds. The maximum absolute atomic E-state index is 11.5. The van der Waals surface area contributed by atoms with Crippen molar-refractivity contribution >= 4 is 10.0 Å². The molecule has 1 aliphatic rings. The Bertz CT molecular complexity index is 544. The summed E-state index contributed by atoms with van der Waals surface area (Å²) in [6, 6.07) is 5.61. The molecule has 7 heteroatoms. The van der Waals surface area contributed by atoms with Crippen LogP contribution in [0.5, 0.6) is 11.5 Å². The van der Waals surface area contributed by atoms with Crippen LogP contribution in [0, 0.1) is 0 Å². The number of sulfonamides is 1. The predicted molar refractivity (Wildman–Crippen MR) is 74.6 cm³/mol. The van der Waals surface area contributed by atoms with Crippen LogP contribution in [0.25, 0.3) is 0 Å². The van der Waals surface area contributed by atoms with Gasteiger partial charge in [0.1, 0.15) is 13.2 Å². The van der Waals surface area contributed by atoms with Crippen LogP contribution < -0.4 is 14.2 Å². The first-order valence-electron chi connectivity index (χ1n) is 6.57. The van der Waals surface area contributed by atoms with Gasteiger partial charge < -0.3 is 14.6 Å². The molecule has 0 saturated carbocycles. The van der Waals surface area contributed by atoms with Gasteiger partial charge in [0.25, 0.3) is 0 Å². The van der Waals surface area contributed by atoms with Crippen LogP contribution in [0.3, 0.4) is 0 Å². The summed E-state index contributed by atoms with van der Waals surface area (Å²) in [4.78, 5) is 0. The van der Waals surface area contributed by atoms with Gasteiger partial charge in [0.05, 0.1) is 5.75 Å². The van der Waals surface area contributed by atoms with Crippen LogP contribution in [0.4, 0.5) is 0 Å². The average Bonchev–Trinajstić information content (AvgIpc) is 2.45. The lowest BCUT2D eigenvalue weighted by Gasteiger charge is -2.18. The second-order valence-electron chi connectivity index (χ2n) is 4.52. The van der Waals surface area contributed by atoms with Crippen molar-refractivity contribution in [2.75, 3.05) is 32.1 Å². The van der Waals surface area contributed by atoms with E-state index >= 15 is 0 Å². The Labute approximate surface area is 118 Å². The van der Waals surface area contributed by atoms with E-state index in [9.17, 15) is 8.42 Å². The van der Waals surface area contributed by atoms with Gasteiger partial charge in [0.15, 0.2) is 11.5 Å². The number of fused-ring (bicyclic) bond motifs is 1. The molecule has 0 aliphatic carbocycles. The number of nitrogens with one attached hydrogen (secondary N) is 1. The third-order valence-electron chi connectivity index (χ3n) is 2.91. The van der Waals surface area contributed by atoms with Gasteiger partial charge in [-0.15, -0.1) is 0 Å². The van der Waals surface area contributed by atoms with E-state index in [0.717, 1.165) is 11.3 Å². The zero-order valence-electron chi connectivity index (χ0n) is 11.2. The number of hydrogen-bond acceptors (Lipinski definition) is 5. The van der Waals surface area contributed by atoms with E-state index in [1.165, 1.54) is 0 Å². The summed E-state index contributed by atoms with van der Waals surface area (Å²) in [7, 11) is -3.30. The fourth-order valence-corrected chi connectivity index (χ4v) is 2.99. The molecule has 0 fully saturated rings. The van der Waals surface area contributed by atoms with Gasteiger partial charge in [0.2, 0.25) is 10.0 Å². The van der Waals surface area contributed by atoms with Crippen molar-refractivity contribution in [2.45, 2.75) is 12.8 Å². The number of benzene rings is 1. The van der Waals surface area contributed by atoms with Crippen molar-refractivity contribution in [3.05, 3.63) is 23.8 Å². The Kier molecular flexibility index (Phi) is 5.22. The Morgan fingerprint density at radius 1 is 1.20 bits per heavy atom. The number of aliphatic hydroxyl groups excluding tert-OH is 1. The summed E-state index contributed by atoms with van der Waals surface area (Å²) in [5.74, 6) is 1.38. The largest absolute Gasteiger partial charge is 0.486 e. The highest BCUT2D eigenvalue weighted by atomic mass is 32.2. The SMILES string of the molecule is O=S(=O)(CCCO)NCCc1ccc2c(c1)OCCO2. The standard InChI is InChI=1S/C13H19NO5S/c15-6-1-9-20(16,17)14-5-4-11-2-3-12-13(10-11)19-8-7-18-12/h2-3,10,14-15H,1,4-9H2. The molecule has 0 saturated heterocycles. The zero-order chi connectivity index (χ0) is 14.4. The van der Waals surface area contributed by atoms with E-state index in [4.69, 9.17) is 14.6 Å². The smallest absolute Gasteiger partial charge is 0.211 e. The highest BCUT2D eigenvalue weighted by Crippen LogP contribution is 2.30. The molecular formula is C13H19NO5S. The molecule has 112 valence electrons. The normalized spacial score (nSPS) is 14.2. The second-order valence-corrected chi connectivity index (χ2v) is 6.44. The van der Waals surface area contributed by atoms with E-state index in [2.05, 4.69) is 4.72 Å². The topological polar surface area (TPSA) is 84.9 Å². The van der Waals surface area contributed by atoms with Crippen molar-refractivity contribution in [2.24, 2.45) is 0 Å². The Morgan fingerprint density at radius 3 is 2.70 bits per heavy atom. The number of aliphatic hydroxyl groups is 1. The molecule has 0 atom stereocenters. The van der Waals surface area contributed by atoms with Crippen molar-refractivity contribution in [3.8, 4) is 11.5 Å². The van der Waals surface area contributed by atoms with Crippen LogP contribution in [0.2, 0.25) is 0 Å². The Balaban J connectivity index is 1.85. The average molecular weight is 301 g/mol. The minimum atomic E-state index is -3.30. The second kappa shape index (κ2) is 6.92. The first-order chi connectivity index (χ1) is 9.61. The summed E-state index contributed by atoms with van der Waals surface area (Å²) in [6.45, 7) is 1.29. The highest BCUT2D eigenvalue weighted by Gasteiger charge is 2.12. The van der Waals surface area contributed by atoms with Crippen molar-refractivity contribution in [1.82, 2.24) is 4.72 Å². The third-order valence-corrected chi connectivity index (χ3v) is 4.38. The van der Waals surface area contributed by atoms with Crippen LogP contribution in [0.15, 0.2) is 18.2 Å². The Hall–Kier alpha value is -1.31. The Morgan fingerprint density at radius 2 is 1.95 bits per heavy atom. The number of ether oxygens (including phenoxy) is 2. The quantitative estimate of drug-likeness (QED) is 0.757. The lowest BCUT2D eigenvalue weighted by Crippen LogP contribution is -2.28. The maximum atomic E-state index is 11.5. The molecule has 0 bridgehead atoms. The summed E-state index contributed by atoms with van der Waals surface area (Å²) < 4.78 is 36.5. The fourth-order valence-electron chi connectivity index (χ4n) is 1.92. The molecule has 1 aromatic rings. The van der Waals surface area contributed by atoms with Crippen LogP contribution in [0.1, 0.15) is 12.0 Å². The van der Waals surface area contributed by atoms with Crippen molar-refractivity contribution < 1.29 is 23.0 Å². The van der Waals surface area contributed by atoms with Gasteiger partial charge in [-0.1, -0.05) is 6.07 Å². The summed E-state index contributed by atoms with van der Waals surface area (Å²) in [5, 5.41) is 8.63. The van der Waals surface area contributed by atoms with E-state index < -0.39 is 10.0 Å². The molecule has 0 radical (unpaired) electrons. The first-order valence-corrected chi connectivity index (χ1v) is 8.23. The first kappa shape index (κ1) is 15.1. The van der Waals surface area contributed by atoms with E-state index in [1.54, 1.807) is 0 Å². The van der Waals surface area contributed by atoms with Crippen LogP contribution in [-0.2, 0) is 16.4 Å². The minimum Gasteiger partial charge on any atom is -0.486 e. The molecule has 1 aromatic carbocycles. The van der Waals surface area contributed by atoms with Gasteiger partial charge in [-0.3, -0.25) is 0 Å². The molecule has 1 aliphatic heterocycles. The molecule has 0 spiro atoms. The molecule has 1 heterocycles. The van der Waals surface area contributed by atoms with Gasteiger partial charge in [-0.05, 0) is 30.5 Å². The zero-order valence-corrected chi connectivity index (χ0v) is 12.0. The predicted octanol–water partition coefficient (Wildman–Crippen LogP) is 0.302. The minimum absolute atomic E-state index is 0.0510. The molecule has 6 nitrogen and oxygen atoms in total. The van der Waals surface area contributed by atoms with Gasteiger partial charge in [-0.25, -0.2) is 13.1 Å². The van der Waals surface area contributed by atoms with Crippen LogP contribution >= 0.6 is 0 Å². The number of rotatable bonds is 7. The van der Waals surface area contributed by atoms with E-state index in [-0.39, 0.29) is 18.8 Å². The van der Waals surface area contributed by atoms with E-state index in [0.29, 0.717) is 31.9 Å². The molecule has 2 rings (SSSR count). The van der Waals surface area contributed by atoms with E-state index in [1.807, 2.05) is 18.2 Å². The van der Waals surface area contributed by atoms with Gasteiger partial charge in [0, 0.05) is 13.2 Å². The summed E-state index contributed by atoms with van der Waals surface area (Å²) >= 11 is 0. The lowest BCUT2D eigenvalue weighted by molar-refractivity contribution is 0.171. The molecule has 0 unspecified atom stereocenters. The third kappa shape index (κ3) is 4.36. The van der Waals surface area contributed by atoms with Crippen molar-refractivity contribution in [1.29, 1.82) is 0 Å². The summed E-state index contributed by atoms with van der Waals surface area (Å²) in [6.07, 6.45) is 0.828. The molecule has 20 heavy (non-hydrogen) atoms. The van der Waals surface area contributed by atoms with Gasteiger partial charge in [-0.2, -0.15) is 0 Å². The maximum Gasteiger partial charge on any atom is 0.211 e. The van der Waals surface area contributed by atoms with Gasteiger partial charge >= 0.3 is 0 Å².